The summed E-state index contributed by atoms with van der Waals surface area (Å²) in [4.78, 5) is 10.1. The van der Waals surface area contributed by atoms with Gasteiger partial charge in [-0.2, -0.15) is 0 Å². The lowest BCUT2D eigenvalue weighted by Crippen LogP contribution is -2.06. The molecular weight excluding hydrogens is 412 g/mol. The van der Waals surface area contributed by atoms with Crippen LogP contribution in [-0.4, -0.2) is 11.4 Å². The number of rotatable bonds is 8. The highest BCUT2D eigenvalue weighted by Crippen LogP contribution is 2.32. The van der Waals surface area contributed by atoms with Crippen LogP contribution in [0, 0.1) is 12.8 Å². The van der Waals surface area contributed by atoms with Crippen molar-refractivity contribution in [2.24, 2.45) is 15.9 Å². The summed E-state index contributed by atoms with van der Waals surface area (Å²) in [5.74, 6) is 0.312. The first-order valence-corrected chi connectivity index (χ1v) is 12.0. The fraction of sp³-hybridized carbons (Fsp3) is 0.312. The zero-order valence-corrected chi connectivity index (χ0v) is 22.5. The molecule has 178 valence electrons. The van der Waals surface area contributed by atoms with E-state index in [1.807, 2.05) is 26.0 Å². The molecule has 0 N–H and O–H groups in total. The number of allylic oxidation sites excluding steroid dienone is 6. The minimum Gasteiger partial charge on any atom is -0.257 e. The van der Waals surface area contributed by atoms with Crippen LogP contribution in [0.2, 0.25) is 0 Å². The predicted molar refractivity (Wildman–Crippen MR) is 154 cm³/mol. The van der Waals surface area contributed by atoms with Gasteiger partial charge in [0, 0.05) is 28.2 Å². The molecule has 0 heterocycles. The fourth-order valence-electron chi connectivity index (χ4n) is 4.25. The van der Waals surface area contributed by atoms with Gasteiger partial charge in [-0.3, -0.25) is 9.98 Å². The van der Waals surface area contributed by atoms with E-state index >= 15 is 0 Å². The lowest BCUT2D eigenvalue weighted by molar-refractivity contribution is 0.749. The molecule has 2 aromatic rings. The zero-order chi connectivity index (χ0) is 25.6. The number of aryl methyl sites for hydroxylation is 1. The number of fused-ring (bicyclic) bond motifs is 1. The molecule has 0 fully saturated rings. The van der Waals surface area contributed by atoms with Crippen LogP contribution < -0.4 is 0 Å². The van der Waals surface area contributed by atoms with E-state index in [0.29, 0.717) is 5.92 Å². The van der Waals surface area contributed by atoms with E-state index < -0.39 is 0 Å². The van der Waals surface area contributed by atoms with Gasteiger partial charge in [-0.25, -0.2) is 0 Å². The first kappa shape index (κ1) is 27.0. The van der Waals surface area contributed by atoms with Crippen molar-refractivity contribution in [3.63, 3.8) is 0 Å². The highest BCUT2D eigenvalue weighted by molar-refractivity contribution is 6.19. The van der Waals surface area contributed by atoms with E-state index in [1.165, 1.54) is 16.3 Å². The second-order valence-corrected chi connectivity index (χ2v) is 9.05. The highest BCUT2D eigenvalue weighted by Gasteiger charge is 2.16. The normalized spacial score (nSPS) is 14.5. The second-order valence-electron chi connectivity index (χ2n) is 9.05. The van der Waals surface area contributed by atoms with E-state index in [2.05, 4.69) is 98.0 Å². The summed E-state index contributed by atoms with van der Waals surface area (Å²) in [6.07, 6.45) is 7.98. The molecule has 0 saturated heterocycles. The first-order valence-electron chi connectivity index (χ1n) is 12.0. The van der Waals surface area contributed by atoms with Crippen molar-refractivity contribution in [3.05, 3.63) is 100 Å². The molecule has 0 bridgehead atoms. The van der Waals surface area contributed by atoms with Crippen molar-refractivity contribution in [3.8, 4) is 0 Å². The molecule has 2 rings (SSSR count). The predicted octanol–water partition coefficient (Wildman–Crippen LogP) is 9.40. The third-order valence-corrected chi connectivity index (χ3v) is 6.34. The Hall–Kier alpha value is -3.26. The molecular formula is C32H40N2. The Morgan fingerprint density at radius 1 is 0.824 bits per heavy atom. The Balaban J connectivity index is 2.93. The molecule has 0 radical (unpaired) electrons. The molecule has 0 saturated carbocycles. The average molecular weight is 453 g/mol. The van der Waals surface area contributed by atoms with Crippen molar-refractivity contribution in [2.45, 2.75) is 62.3 Å². The van der Waals surface area contributed by atoms with Crippen LogP contribution in [0.4, 0.5) is 0 Å². The Labute approximate surface area is 206 Å². The van der Waals surface area contributed by atoms with Gasteiger partial charge in [-0.1, -0.05) is 75.6 Å². The summed E-state index contributed by atoms with van der Waals surface area (Å²) in [7, 11) is 0. The van der Waals surface area contributed by atoms with Crippen LogP contribution in [0.25, 0.3) is 16.8 Å². The van der Waals surface area contributed by atoms with Crippen LogP contribution in [0.15, 0.2) is 88.2 Å². The van der Waals surface area contributed by atoms with Crippen molar-refractivity contribution in [1.29, 1.82) is 0 Å². The summed E-state index contributed by atoms with van der Waals surface area (Å²) >= 11 is 0. The Kier molecular flexibility index (Phi) is 9.32. The lowest BCUT2D eigenvalue weighted by atomic mass is 9.89. The smallest absolute Gasteiger partial charge is 0.0616 e. The molecule has 0 atom stereocenters. The molecule has 0 aliphatic heterocycles. The molecule has 34 heavy (non-hydrogen) atoms. The minimum absolute atomic E-state index is 0.312. The van der Waals surface area contributed by atoms with Crippen LogP contribution >= 0.6 is 0 Å². The third-order valence-electron chi connectivity index (χ3n) is 6.34. The molecule has 0 aliphatic carbocycles. The van der Waals surface area contributed by atoms with Gasteiger partial charge in [0.1, 0.15) is 0 Å². The Morgan fingerprint density at radius 3 is 1.91 bits per heavy atom. The quantitative estimate of drug-likeness (QED) is 0.281. The summed E-state index contributed by atoms with van der Waals surface area (Å²) in [5.41, 5.74) is 10.9. The third kappa shape index (κ3) is 5.62. The Morgan fingerprint density at radius 2 is 1.41 bits per heavy atom. The van der Waals surface area contributed by atoms with E-state index in [4.69, 9.17) is 9.98 Å². The zero-order valence-electron chi connectivity index (χ0n) is 22.5. The van der Waals surface area contributed by atoms with E-state index in [9.17, 15) is 0 Å². The molecule has 0 amide bonds. The molecule has 2 nitrogen and oxygen atoms in total. The largest absolute Gasteiger partial charge is 0.257 e. The maximum atomic E-state index is 5.09. The summed E-state index contributed by atoms with van der Waals surface area (Å²) in [6.45, 7) is 27.0. The lowest BCUT2D eigenvalue weighted by Gasteiger charge is -2.17. The van der Waals surface area contributed by atoms with E-state index in [1.54, 1.807) is 0 Å². The highest BCUT2D eigenvalue weighted by atomic mass is 14.8. The Bertz CT molecular complexity index is 1260. The van der Waals surface area contributed by atoms with Crippen LogP contribution in [0.5, 0.6) is 0 Å². The second kappa shape index (κ2) is 11.7. The number of hydrogen-bond acceptors (Lipinski definition) is 2. The topological polar surface area (TPSA) is 24.7 Å². The number of benzene rings is 2. The average Bonchev–Trinajstić information content (AvgIpc) is 2.83. The molecule has 2 heteroatoms. The van der Waals surface area contributed by atoms with E-state index in [-0.39, 0.29) is 0 Å². The van der Waals surface area contributed by atoms with Crippen molar-refractivity contribution >= 4 is 28.3 Å². The standard InChI is InChI=1S/C32H40N2/c1-12-21(7)29(15-4)33-24(10)28-19-18-27(25(11)34-32(20(5)6)22(8)13-2)30-23(9)16-17-26(14-3)31(28)30/h12-20H,2-3H2,1,4-11H3/b21-12-,29-15+,32-22+,33-24?,34-25?. The fourth-order valence-corrected chi connectivity index (χ4v) is 4.25. The summed E-state index contributed by atoms with van der Waals surface area (Å²) in [5, 5.41) is 2.38. The van der Waals surface area contributed by atoms with Gasteiger partial charge in [0.15, 0.2) is 0 Å². The van der Waals surface area contributed by atoms with Crippen molar-refractivity contribution < 1.29 is 0 Å². The van der Waals surface area contributed by atoms with Crippen LogP contribution in [0.3, 0.4) is 0 Å². The van der Waals surface area contributed by atoms with Crippen molar-refractivity contribution in [2.75, 3.05) is 0 Å². The van der Waals surface area contributed by atoms with Crippen LogP contribution in [0.1, 0.15) is 77.6 Å². The van der Waals surface area contributed by atoms with Gasteiger partial charge >= 0.3 is 0 Å². The van der Waals surface area contributed by atoms with Gasteiger partial charge in [0.2, 0.25) is 0 Å². The molecule has 0 aliphatic rings. The molecule has 2 aromatic carbocycles. The maximum Gasteiger partial charge on any atom is 0.0616 e. The molecule has 0 aromatic heterocycles. The van der Waals surface area contributed by atoms with E-state index in [0.717, 1.165) is 50.7 Å². The van der Waals surface area contributed by atoms with Gasteiger partial charge in [-0.15, -0.1) is 0 Å². The van der Waals surface area contributed by atoms with Gasteiger partial charge < -0.3 is 0 Å². The number of aliphatic imine (C=N–C) groups is 2. The number of hydrogen-bond donors (Lipinski definition) is 0. The first-order chi connectivity index (χ1) is 16.1. The molecule has 0 spiro atoms. The van der Waals surface area contributed by atoms with Gasteiger partial charge in [0.25, 0.3) is 0 Å². The van der Waals surface area contributed by atoms with Gasteiger partial charge in [0.05, 0.1) is 5.70 Å². The maximum absolute atomic E-state index is 5.09. The van der Waals surface area contributed by atoms with Crippen molar-refractivity contribution in [1.82, 2.24) is 0 Å². The summed E-state index contributed by atoms with van der Waals surface area (Å²) < 4.78 is 0. The minimum atomic E-state index is 0.312. The SMILES string of the molecule is C=C/C(C)=C(/N=C(C)c1ccc(C(C)=NC(=C/C)/C(C)=C\C)c2c(C=C)ccc(C)c12)C(C)C. The number of nitrogens with zero attached hydrogens (tertiary/aromatic N) is 2. The monoisotopic (exact) mass is 452 g/mol. The summed E-state index contributed by atoms with van der Waals surface area (Å²) in [6, 6.07) is 8.68. The van der Waals surface area contributed by atoms with Gasteiger partial charge in [-0.05, 0) is 87.4 Å². The molecule has 0 unspecified atom stereocenters. The van der Waals surface area contributed by atoms with Crippen LogP contribution in [-0.2, 0) is 0 Å².